The van der Waals surface area contributed by atoms with Crippen molar-refractivity contribution in [2.75, 3.05) is 13.1 Å². The van der Waals surface area contributed by atoms with Crippen LogP contribution in [0.15, 0.2) is 36.4 Å². The zero-order chi connectivity index (χ0) is 30.0. The second kappa shape index (κ2) is 9.78. The number of amides is 3. The summed E-state index contributed by atoms with van der Waals surface area (Å²) in [5, 5.41) is 2.12. The lowest BCUT2D eigenvalue weighted by molar-refractivity contribution is -0.182. The van der Waals surface area contributed by atoms with Gasteiger partial charge in [0.05, 0.1) is 21.9 Å². The van der Waals surface area contributed by atoms with Gasteiger partial charge in [0.15, 0.2) is 0 Å². The summed E-state index contributed by atoms with van der Waals surface area (Å²) in [5.74, 6) is -2.72. The molecule has 1 unspecified atom stereocenters. The van der Waals surface area contributed by atoms with Crippen LogP contribution >= 0.6 is 0 Å². The number of hydrogen-bond donors (Lipinski definition) is 1. The van der Waals surface area contributed by atoms with Crippen LogP contribution in [0.2, 0.25) is 0 Å². The van der Waals surface area contributed by atoms with E-state index in [4.69, 9.17) is 13.6 Å². The number of nitrogens with one attached hydrogen (secondary N) is 1. The molecule has 0 aromatic heterocycles. The topological polar surface area (TPSA) is 88.2 Å². The number of ether oxygens (including phenoxy) is 2. The maximum Gasteiger partial charge on any atom is 0.255 e. The Balaban J connectivity index is 1.39. The Hall–Kier alpha value is -3.30. The van der Waals surface area contributed by atoms with Gasteiger partial charge in [0.1, 0.15) is 24.1 Å². The first-order valence-corrected chi connectivity index (χ1v) is 12.7. The fraction of sp³-hybridized carbons (Fsp3) is 0.483. The molecule has 202 valence electrons. The quantitative estimate of drug-likeness (QED) is 0.580. The van der Waals surface area contributed by atoms with Gasteiger partial charge in [0.25, 0.3) is 5.91 Å². The SMILES string of the molecule is [2H]C([2H])(Oc1cccc2c1CN(C1([2H])CCC(=O)NC1=O)C2=O)c1cccc(CN2CC(C)(C)OC(C)(C)C2)c1F. The third-order valence-corrected chi connectivity index (χ3v) is 6.86. The predicted molar refractivity (Wildman–Crippen MR) is 138 cm³/mol. The molecule has 1 atom stereocenters. The van der Waals surface area contributed by atoms with Crippen molar-refractivity contribution < 1.29 is 32.4 Å². The number of fused-ring (bicyclic) bond motifs is 1. The monoisotopic (exact) mass is 526 g/mol. The second-order valence-electron chi connectivity index (χ2n) is 11.2. The summed E-state index contributed by atoms with van der Waals surface area (Å²) < 4.78 is 53.7. The molecule has 3 amide bonds. The third kappa shape index (κ3) is 5.31. The fourth-order valence-corrected chi connectivity index (χ4v) is 5.67. The fourth-order valence-electron chi connectivity index (χ4n) is 5.67. The van der Waals surface area contributed by atoms with E-state index in [-0.39, 0.29) is 48.4 Å². The molecule has 0 aliphatic carbocycles. The van der Waals surface area contributed by atoms with Crippen molar-refractivity contribution in [1.82, 2.24) is 15.1 Å². The van der Waals surface area contributed by atoms with E-state index in [1.165, 1.54) is 24.3 Å². The van der Waals surface area contributed by atoms with Crippen molar-refractivity contribution in [1.29, 1.82) is 0 Å². The highest BCUT2D eigenvalue weighted by molar-refractivity contribution is 6.05. The zero-order valence-corrected chi connectivity index (χ0v) is 22.0. The molecule has 3 aliphatic heterocycles. The molecule has 2 aromatic rings. The largest absolute Gasteiger partial charge is 0.488 e. The molecule has 1 N–H and O–H groups in total. The van der Waals surface area contributed by atoms with Crippen LogP contribution in [0.3, 0.4) is 0 Å². The molecule has 3 aliphatic rings. The van der Waals surface area contributed by atoms with Crippen LogP contribution in [0, 0.1) is 5.82 Å². The van der Waals surface area contributed by atoms with E-state index in [0.717, 1.165) is 4.90 Å². The molecule has 0 spiro atoms. The number of rotatable bonds is 6. The predicted octanol–water partition coefficient (Wildman–Crippen LogP) is 3.56. The van der Waals surface area contributed by atoms with Crippen molar-refractivity contribution in [3.05, 3.63) is 64.5 Å². The standard InChI is InChI=1S/C29H34FN3O5/c1-28(2)16-32(17-29(3,4)38-28)13-18-7-5-8-19(25(18)30)15-37-23-10-6-9-20-21(23)14-33(27(20)36)22-11-12-24(34)31-26(22)35/h5-10,22H,11-17H2,1-4H3,(H,31,34,35)/i15D2,22D. The lowest BCUT2D eigenvalue weighted by Crippen LogP contribution is -2.56. The highest BCUT2D eigenvalue weighted by atomic mass is 19.1. The molecule has 3 heterocycles. The third-order valence-electron chi connectivity index (χ3n) is 6.86. The molecule has 9 heteroatoms. The molecule has 8 nitrogen and oxygen atoms in total. The normalized spacial score (nSPS) is 26.3. The molecule has 2 aromatic carbocycles. The first-order valence-electron chi connectivity index (χ1n) is 14.2. The number of carbonyl (C=O) groups is 3. The first kappa shape index (κ1) is 22.7. The summed E-state index contributed by atoms with van der Waals surface area (Å²) in [5.41, 5.74) is -0.399. The minimum atomic E-state index is -2.61. The minimum absolute atomic E-state index is 0.000672. The minimum Gasteiger partial charge on any atom is -0.488 e. The van der Waals surface area contributed by atoms with Crippen LogP contribution in [0.1, 0.15) is 71.7 Å². The van der Waals surface area contributed by atoms with Gasteiger partial charge in [-0.1, -0.05) is 24.3 Å². The van der Waals surface area contributed by atoms with Crippen LogP contribution in [0.5, 0.6) is 5.75 Å². The van der Waals surface area contributed by atoms with Gasteiger partial charge in [-0.3, -0.25) is 24.6 Å². The van der Waals surface area contributed by atoms with E-state index in [1.807, 2.05) is 27.7 Å². The molecule has 0 radical (unpaired) electrons. The highest BCUT2D eigenvalue weighted by Crippen LogP contribution is 2.34. The lowest BCUT2D eigenvalue weighted by Gasteiger charge is -2.47. The first-order chi connectivity index (χ1) is 19.0. The molecular formula is C29H34FN3O5. The van der Waals surface area contributed by atoms with E-state index in [2.05, 4.69) is 10.2 Å². The summed E-state index contributed by atoms with van der Waals surface area (Å²) in [6, 6.07) is 7.00. The maximum atomic E-state index is 15.8. The molecule has 38 heavy (non-hydrogen) atoms. The average Bonchev–Trinajstić information content (AvgIpc) is 3.19. The van der Waals surface area contributed by atoms with E-state index >= 15 is 4.39 Å². The Labute approximate surface area is 226 Å². The van der Waals surface area contributed by atoms with Gasteiger partial charge in [-0.2, -0.15) is 0 Å². The van der Waals surface area contributed by atoms with Gasteiger partial charge < -0.3 is 14.4 Å². The van der Waals surface area contributed by atoms with Gasteiger partial charge in [-0.25, -0.2) is 4.39 Å². The van der Waals surface area contributed by atoms with Crippen LogP contribution in [0.4, 0.5) is 4.39 Å². The number of hydrogen-bond acceptors (Lipinski definition) is 6. The molecule has 2 fully saturated rings. The number of carbonyl (C=O) groups excluding carboxylic acids is 3. The second-order valence-corrected chi connectivity index (χ2v) is 11.2. The average molecular weight is 527 g/mol. The molecular weight excluding hydrogens is 489 g/mol. The maximum absolute atomic E-state index is 15.8. The van der Waals surface area contributed by atoms with Gasteiger partial charge in [-0.05, 0) is 46.2 Å². The smallest absolute Gasteiger partial charge is 0.255 e. The summed E-state index contributed by atoms with van der Waals surface area (Å²) in [6.07, 6.45) is -0.250. The molecule has 5 rings (SSSR count). The van der Waals surface area contributed by atoms with Crippen molar-refractivity contribution in [2.45, 2.75) is 77.4 Å². The zero-order valence-electron chi connectivity index (χ0n) is 25.0. The number of benzene rings is 2. The Morgan fingerprint density at radius 3 is 2.50 bits per heavy atom. The van der Waals surface area contributed by atoms with Gasteiger partial charge in [0.2, 0.25) is 11.8 Å². The van der Waals surface area contributed by atoms with Crippen LogP contribution in [-0.2, 0) is 34.0 Å². The Morgan fingerprint density at radius 1 is 1.11 bits per heavy atom. The number of morpholine rings is 1. The molecule has 2 saturated heterocycles. The Bertz CT molecular complexity index is 1420. The van der Waals surface area contributed by atoms with E-state index in [9.17, 15) is 14.4 Å². The van der Waals surface area contributed by atoms with Gasteiger partial charge in [-0.15, -0.1) is 0 Å². The van der Waals surface area contributed by atoms with E-state index < -0.39 is 47.3 Å². The number of imide groups is 1. The van der Waals surface area contributed by atoms with Crippen LogP contribution in [-0.4, -0.2) is 57.8 Å². The van der Waals surface area contributed by atoms with Crippen molar-refractivity contribution in [3.8, 4) is 5.75 Å². The highest BCUT2D eigenvalue weighted by Gasteiger charge is 2.40. The van der Waals surface area contributed by atoms with Crippen LogP contribution < -0.4 is 10.1 Å². The Morgan fingerprint density at radius 2 is 1.79 bits per heavy atom. The summed E-state index contributed by atoms with van der Waals surface area (Å²) in [6.45, 7) is 6.52. The summed E-state index contributed by atoms with van der Waals surface area (Å²) in [4.78, 5) is 40.5. The number of piperidine rings is 1. The van der Waals surface area contributed by atoms with Crippen molar-refractivity contribution >= 4 is 17.7 Å². The number of nitrogens with zero attached hydrogens (tertiary/aromatic N) is 2. The van der Waals surface area contributed by atoms with Crippen molar-refractivity contribution in [2.24, 2.45) is 0 Å². The molecule has 0 bridgehead atoms. The molecule has 0 saturated carbocycles. The Kier molecular flexibility index (Phi) is 5.83. The van der Waals surface area contributed by atoms with Gasteiger partial charge in [0, 0.05) is 48.3 Å². The lowest BCUT2D eigenvalue weighted by atomic mass is 9.98. The van der Waals surface area contributed by atoms with E-state index in [0.29, 0.717) is 18.7 Å². The van der Waals surface area contributed by atoms with Crippen LogP contribution in [0.25, 0.3) is 0 Å². The van der Waals surface area contributed by atoms with E-state index in [1.54, 1.807) is 12.1 Å². The summed E-state index contributed by atoms with van der Waals surface area (Å²) in [7, 11) is 0. The summed E-state index contributed by atoms with van der Waals surface area (Å²) >= 11 is 0. The van der Waals surface area contributed by atoms with Crippen molar-refractivity contribution in [3.63, 3.8) is 0 Å². The van der Waals surface area contributed by atoms with Gasteiger partial charge >= 0.3 is 0 Å². The number of halogens is 1.